The largest absolute Gasteiger partial charge is 0.356 e. The molecule has 0 saturated carbocycles. The number of aromatic nitrogens is 1. The fourth-order valence-corrected chi connectivity index (χ4v) is 6.24. The number of sulfonamides is 1. The number of aryl methyl sites for hydroxylation is 1. The van der Waals surface area contributed by atoms with Gasteiger partial charge in [0.15, 0.2) is 0 Å². The Bertz CT molecular complexity index is 919. The monoisotopic (exact) mass is 413 g/mol. The van der Waals surface area contributed by atoms with E-state index in [1.807, 2.05) is 31.3 Å². The van der Waals surface area contributed by atoms with Crippen LogP contribution < -0.4 is 4.90 Å². The van der Waals surface area contributed by atoms with Crippen molar-refractivity contribution >= 4 is 15.8 Å². The van der Waals surface area contributed by atoms with Gasteiger partial charge in [0.25, 0.3) is 0 Å². The van der Waals surface area contributed by atoms with E-state index in [1.54, 1.807) is 16.4 Å². The lowest BCUT2D eigenvalue weighted by Crippen LogP contribution is -2.39. The number of hydrogen-bond donors (Lipinski definition) is 0. The van der Waals surface area contributed by atoms with E-state index in [1.165, 1.54) is 25.7 Å². The standard InChI is InChI=1S/C23H31N3O2S/c1-19-11-13-20(14-12-19)29(27,28)26-18-7-4-10-22(26)21-9-8-15-24-23(21)25-16-5-2-3-6-17-25/h8-9,11-15,22H,2-7,10,16-18H2,1H3/t22-/m0/s1. The first-order chi connectivity index (χ1) is 14.1. The summed E-state index contributed by atoms with van der Waals surface area (Å²) in [6.07, 6.45) is 9.49. The summed E-state index contributed by atoms with van der Waals surface area (Å²) in [7, 11) is -3.54. The minimum Gasteiger partial charge on any atom is -0.356 e. The maximum absolute atomic E-state index is 13.5. The average molecular weight is 414 g/mol. The average Bonchev–Trinajstić information content (AvgIpc) is 3.04. The minimum atomic E-state index is -3.54. The van der Waals surface area contributed by atoms with Crippen LogP contribution in [0.1, 0.15) is 62.1 Å². The van der Waals surface area contributed by atoms with Gasteiger partial charge in [-0.1, -0.05) is 43.0 Å². The molecule has 156 valence electrons. The molecule has 2 aliphatic heterocycles. The van der Waals surface area contributed by atoms with E-state index < -0.39 is 10.0 Å². The number of benzene rings is 1. The number of piperidine rings is 1. The van der Waals surface area contributed by atoms with E-state index in [0.29, 0.717) is 11.4 Å². The third-order valence-corrected chi connectivity index (χ3v) is 8.09. The summed E-state index contributed by atoms with van der Waals surface area (Å²) in [4.78, 5) is 7.48. The van der Waals surface area contributed by atoms with Crippen LogP contribution in [0.3, 0.4) is 0 Å². The molecule has 0 bridgehead atoms. The molecule has 2 fully saturated rings. The maximum Gasteiger partial charge on any atom is 0.243 e. The number of pyridine rings is 1. The molecule has 5 nitrogen and oxygen atoms in total. The predicted octanol–water partition coefficient (Wildman–Crippen LogP) is 4.69. The predicted molar refractivity (Wildman–Crippen MR) is 117 cm³/mol. The summed E-state index contributed by atoms with van der Waals surface area (Å²) >= 11 is 0. The Morgan fingerprint density at radius 1 is 0.897 bits per heavy atom. The first-order valence-corrected chi connectivity index (χ1v) is 12.3. The molecule has 4 rings (SSSR count). The summed E-state index contributed by atoms with van der Waals surface area (Å²) < 4.78 is 28.8. The molecule has 0 spiro atoms. The molecular weight excluding hydrogens is 382 g/mol. The summed E-state index contributed by atoms with van der Waals surface area (Å²) in [5.74, 6) is 0.977. The highest BCUT2D eigenvalue weighted by Gasteiger charge is 2.36. The van der Waals surface area contributed by atoms with Gasteiger partial charge in [-0.05, 0) is 50.8 Å². The second-order valence-electron chi connectivity index (χ2n) is 8.26. The Morgan fingerprint density at radius 2 is 1.59 bits per heavy atom. The van der Waals surface area contributed by atoms with Crippen LogP contribution in [0.15, 0.2) is 47.5 Å². The fourth-order valence-electron chi connectivity index (χ4n) is 4.57. The lowest BCUT2D eigenvalue weighted by atomic mass is 9.97. The highest BCUT2D eigenvalue weighted by Crippen LogP contribution is 2.39. The molecule has 3 heterocycles. The number of anilines is 1. The quantitative estimate of drug-likeness (QED) is 0.730. The van der Waals surface area contributed by atoms with Crippen molar-refractivity contribution in [1.29, 1.82) is 0 Å². The normalized spacial score (nSPS) is 21.7. The summed E-state index contributed by atoms with van der Waals surface area (Å²) in [6.45, 7) is 4.54. The van der Waals surface area contributed by atoms with Gasteiger partial charge in [-0.2, -0.15) is 4.31 Å². The second kappa shape index (κ2) is 8.84. The molecule has 1 aromatic carbocycles. The lowest BCUT2D eigenvalue weighted by Gasteiger charge is -2.37. The lowest BCUT2D eigenvalue weighted by molar-refractivity contribution is 0.256. The molecule has 2 saturated heterocycles. The van der Waals surface area contributed by atoms with Gasteiger partial charge >= 0.3 is 0 Å². The fraction of sp³-hybridized carbons (Fsp3) is 0.522. The zero-order valence-electron chi connectivity index (χ0n) is 17.3. The van der Waals surface area contributed by atoms with Crippen LogP contribution in [0.5, 0.6) is 0 Å². The first kappa shape index (κ1) is 20.4. The number of rotatable bonds is 4. The Hall–Kier alpha value is -1.92. The van der Waals surface area contributed by atoms with E-state index in [-0.39, 0.29) is 6.04 Å². The van der Waals surface area contributed by atoms with Crippen molar-refractivity contribution in [2.24, 2.45) is 0 Å². The molecule has 0 radical (unpaired) electrons. The number of hydrogen-bond acceptors (Lipinski definition) is 4. The van der Waals surface area contributed by atoms with Crippen LogP contribution in [-0.2, 0) is 10.0 Å². The van der Waals surface area contributed by atoms with Gasteiger partial charge in [-0.25, -0.2) is 13.4 Å². The third kappa shape index (κ3) is 4.33. The van der Waals surface area contributed by atoms with E-state index in [2.05, 4.69) is 11.0 Å². The SMILES string of the molecule is Cc1ccc(S(=O)(=O)N2CCCC[C@H]2c2cccnc2N2CCCCCC2)cc1. The molecule has 1 aromatic heterocycles. The Labute approximate surface area is 174 Å². The van der Waals surface area contributed by atoms with Crippen molar-refractivity contribution in [3.63, 3.8) is 0 Å². The summed E-state index contributed by atoms with van der Waals surface area (Å²) in [5, 5.41) is 0. The van der Waals surface area contributed by atoms with Crippen LogP contribution in [0.2, 0.25) is 0 Å². The molecule has 0 aliphatic carbocycles. The van der Waals surface area contributed by atoms with Crippen molar-refractivity contribution in [3.8, 4) is 0 Å². The molecule has 0 unspecified atom stereocenters. The van der Waals surface area contributed by atoms with Crippen molar-refractivity contribution in [1.82, 2.24) is 9.29 Å². The molecule has 1 atom stereocenters. The van der Waals surface area contributed by atoms with Crippen LogP contribution >= 0.6 is 0 Å². The molecule has 29 heavy (non-hydrogen) atoms. The molecule has 6 heteroatoms. The van der Waals surface area contributed by atoms with Gasteiger partial charge in [0.1, 0.15) is 5.82 Å². The number of nitrogens with zero attached hydrogens (tertiary/aromatic N) is 3. The Kier molecular flexibility index (Phi) is 6.20. The van der Waals surface area contributed by atoms with Crippen molar-refractivity contribution in [3.05, 3.63) is 53.7 Å². The first-order valence-electron chi connectivity index (χ1n) is 10.9. The van der Waals surface area contributed by atoms with E-state index in [0.717, 1.165) is 49.3 Å². The van der Waals surface area contributed by atoms with Crippen LogP contribution in [0.4, 0.5) is 5.82 Å². The molecule has 0 amide bonds. The van der Waals surface area contributed by atoms with Gasteiger partial charge in [-0.3, -0.25) is 0 Å². The highest BCUT2D eigenvalue weighted by molar-refractivity contribution is 7.89. The van der Waals surface area contributed by atoms with Gasteiger partial charge in [0.2, 0.25) is 10.0 Å². The summed E-state index contributed by atoms with van der Waals surface area (Å²) in [6, 6.07) is 11.1. The smallest absolute Gasteiger partial charge is 0.243 e. The minimum absolute atomic E-state index is 0.151. The zero-order valence-corrected chi connectivity index (χ0v) is 18.1. The molecular formula is C23H31N3O2S. The summed E-state index contributed by atoms with van der Waals surface area (Å²) in [5.41, 5.74) is 2.12. The zero-order chi connectivity index (χ0) is 20.3. The molecule has 2 aliphatic rings. The Balaban J connectivity index is 1.70. The van der Waals surface area contributed by atoms with Gasteiger partial charge in [-0.15, -0.1) is 0 Å². The van der Waals surface area contributed by atoms with E-state index >= 15 is 0 Å². The van der Waals surface area contributed by atoms with Crippen LogP contribution in [0, 0.1) is 6.92 Å². The van der Waals surface area contributed by atoms with Gasteiger partial charge < -0.3 is 4.90 Å². The van der Waals surface area contributed by atoms with Crippen LogP contribution in [-0.4, -0.2) is 37.3 Å². The van der Waals surface area contributed by atoms with E-state index in [9.17, 15) is 8.42 Å². The van der Waals surface area contributed by atoms with Crippen molar-refractivity contribution in [2.75, 3.05) is 24.5 Å². The second-order valence-corrected chi connectivity index (χ2v) is 10.1. The highest BCUT2D eigenvalue weighted by atomic mass is 32.2. The molecule has 2 aromatic rings. The van der Waals surface area contributed by atoms with Gasteiger partial charge in [0.05, 0.1) is 10.9 Å². The third-order valence-electron chi connectivity index (χ3n) is 6.16. The topological polar surface area (TPSA) is 53.5 Å². The molecule has 0 N–H and O–H groups in total. The van der Waals surface area contributed by atoms with Gasteiger partial charge in [0, 0.05) is 31.4 Å². The van der Waals surface area contributed by atoms with Crippen LogP contribution in [0.25, 0.3) is 0 Å². The maximum atomic E-state index is 13.5. The van der Waals surface area contributed by atoms with Crippen molar-refractivity contribution in [2.45, 2.75) is 62.8 Å². The van der Waals surface area contributed by atoms with E-state index in [4.69, 9.17) is 4.98 Å². The Morgan fingerprint density at radius 3 is 2.31 bits per heavy atom. The van der Waals surface area contributed by atoms with Crippen molar-refractivity contribution < 1.29 is 8.42 Å².